The summed E-state index contributed by atoms with van der Waals surface area (Å²) < 4.78 is 7.21. The van der Waals surface area contributed by atoms with Gasteiger partial charge < -0.3 is 4.74 Å². The number of rotatable bonds is 5. The van der Waals surface area contributed by atoms with Crippen LogP contribution in [0.2, 0.25) is 0 Å². The quantitative estimate of drug-likeness (QED) is 0.850. The fourth-order valence-corrected chi connectivity index (χ4v) is 3.90. The lowest BCUT2D eigenvalue weighted by molar-refractivity contribution is 0.184. The molecule has 4 nitrogen and oxygen atoms in total. The van der Waals surface area contributed by atoms with E-state index in [1.54, 1.807) is 7.11 Å². The molecule has 0 radical (unpaired) electrons. The highest BCUT2D eigenvalue weighted by Gasteiger charge is 2.21. The van der Waals surface area contributed by atoms with Crippen LogP contribution in [-0.2, 0) is 30.5 Å². The van der Waals surface area contributed by atoms with Gasteiger partial charge in [-0.25, -0.2) is 9.67 Å². The molecule has 0 spiro atoms. The third kappa shape index (κ3) is 2.52. The summed E-state index contributed by atoms with van der Waals surface area (Å²) in [5.74, 6) is 1.96. The van der Waals surface area contributed by atoms with Crippen molar-refractivity contribution in [1.29, 1.82) is 0 Å². The van der Waals surface area contributed by atoms with E-state index in [1.807, 2.05) is 16.0 Å². The Morgan fingerprint density at radius 2 is 2.20 bits per heavy atom. The summed E-state index contributed by atoms with van der Waals surface area (Å²) in [6.07, 6.45) is 5.90. The van der Waals surface area contributed by atoms with Crippen LogP contribution in [-0.4, -0.2) is 28.5 Å². The summed E-state index contributed by atoms with van der Waals surface area (Å²) in [5, 5.41) is 6.91. The van der Waals surface area contributed by atoms with Crippen LogP contribution in [0.1, 0.15) is 36.7 Å². The lowest BCUT2D eigenvalue weighted by Crippen LogP contribution is -2.08. The van der Waals surface area contributed by atoms with Crippen molar-refractivity contribution in [2.24, 2.45) is 0 Å². The molecule has 108 valence electrons. The van der Waals surface area contributed by atoms with Gasteiger partial charge in [-0.2, -0.15) is 5.10 Å². The molecule has 0 saturated carbocycles. The maximum atomic E-state index is 5.19. The molecule has 2 heterocycles. The molecule has 0 bridgehead atoms. The molecule has 0 N–H and O–H groups in total. The van der Waals surface area contributed by atoms with Gasteiger partial charge in [0.15, 0.2) is 11.6 Å². The maximum absolute atomic E-state index is 5.19. The highest BCUT2D eigenvalue weighted by atomic mass is 32.1. The normalized spacial score (nSPS) is 14.5. The van der Waals surface area contributed by atoms with E-state index < -0.39 is 0 Å². The fourth-order valence-electron chi connectivity index (χ4n) is 2.75. The molecule has 5 heteroatoms. The Bertz CT molecular complexity index is 588. The Morgan fingerprint density at radius 3 is 3.00 bits per heavy atom. The molecule has 0 amide bonds. The predicted octanol–water partition coefficient (Wildman–Crippen LogP) is 3.09. The van der Waals surface area contributed by atoms with Crippen molar-refractivity contribution < 1.29 is 4.74 Å². The first-order valence-electron chi connectivity index (χ1n) is 7.35. The summed E-state index contributed by atoms with van der Waals surface area (Å²) in [6, 6.07) is 0. The molecule has 0 saturated heterocycles. The molecule has 2 aromatic heterocycles. The van der Waals surface area contributed by atoms with Crippen LogP contribution >= 0.6 is 11.3 Å². The van der Waals surface area contributed by atoms with Crippen LogP contribution in [0.3, 0.4) is 0 Å². The zero-order valence-corrected chi connectivity index (χ0v) is 13.0. The smallest absolute Gasteiger partial charge is 0.168 e. The minimum atomic E-state index is 0.674. The van der Waals surface area contributed by atoms with Crippen LogP contribution < -0.4 is 0 Å². The van der Waals surface area contributed by atoms with E-state index in [4.69, 9.17) is 9.72 Å². The van der Waals surface area contributed by atoms with E-state index in [-0.39, 0.29) is 0 Å². The van der Waals surface area contributed by atoms with Crippen LogP contribution in [0, 0.1) is 0 Å². The van der Waals surface area contributed by atoms with Gasteiger partial charge in [0.25, 0.3) is 0 Å². The lowest BCUT2D eigenvalue weighted by Gasteiger charge is -2.13. The number of aryl methyl sites for hydroxylation is 2. The van der Waals surface area contributed by atoms with Crippen molar-refractivity contribution in [3.05, 3.63) is 22.3 Å². The second-order valence-corrected chi connectivity index (χ2v) is 6.08. The minimum absolute atomic E-state index is 0.674. The lowest BCUT2D eigenvalue weighted by atomic mass is 9.94. The summed E-state index contributed by atoms with van der Waals surface area (Å²) in [4.78, 5) is 6.06. The molecule has 0 aliphatic heterocycles. The van der Waals surface area contributed by atoms with Crippen molar-refractivity contribution in [1.82, 2.24) is 14.8 Å². The molecule has 3 rings (SSSR count). The summed E-state index contributed by atoms with van der Waals surface area (Å²) in [7, 11) is 1.73. The van der Waals surface area contributed by atoms with E-state index >= 15 is 0 Å². The van der Waals surface area contributed by atoms with Crippen molar-refractivity contribution in [2.45, 2.75) is 45.6 Å². The molecule has 1 aliphatic rings. The Balaban J connectivity index is 1.99. The Kier molecular flexibility index (Phi) is 4.17. The third-order valence-corrected chi connectivity index (χ3v) is 4.91. The average Bonchev–Trinajstić information content (AvgIpc) is 3.08. The second kappa shape index (κ2) is 6.06. The van der Waals surface area contributed by atoms with Gasteiger partial charge in [-0.05, 0) is 42.2 Å². The van der Waals surface area contributed by atoms with Gasteiger partial charge >= 0.3 is 0 Å². The van der Waals surface area contributed by atoms with Crippen LogP contribution in [0.5, 0.6) is 0 Å². The molecule has 0 fully saturated rings. The van der Waals surface area contributed by atoms with Gasteiger partial charge in [-0.1, -0.05) is 6.92 Å². The van der Waals surface area contributed by atoms with E-state index in [9.17, 15) is 0 Å². The first kappa shape index (κ1) is 13.8. The van der Waals surface area contributed by atoms with Gasteiger partial charge in [0.2, 0.25) is 0 Å². The Morgan fingerprint density at radius 1 is 1.35 bits per heavy atom. The molecule has 2 aromatic rings. The predicted molar refractivity (Wildman–Crippen MR) is 81.2 cm³/mol. The molecule has 1 aliphatic carbocycles. The number of fused-ring (bicyclic) bond motifs is 1. The number of nitrogens with zero attached hydrogens (tertiary/aromatic N) is 3. The van der Waals surface area contributed by atoms with Gasteiger partial charge in [-0.3, -0.25) is 0 Å². The van der Waals surface area contributed by atoms with Crippen LogP contribution in [0.25, 0.3) is 10.7 Å². The number of ether oxygens (including phenoxy) is 1. The monoisotopic (exact) mass is 291 g/mol. The van der Waals surface area contributed by atoms with Crippen molar-refractivity contribution >= 4 is 11.3 Å². The minimum Gasteiger partial charge on any atom is -0.383 e. The van der Waals surface area contributed by atoms with Gasteiger partial charge in [-0.15, -0.1) is 11.3 Å². The topological polar surface area (TPSA) is 39.9 Å². The average molecular weight is 291 g/mol. The van der Waals surface area contributed by atoms with Crippen LogP contribution in [0.4, 0.5) is 0 Å². The Labute approximate surface area is 123 Å². The number of hydrogen-bond acceptors (Lipinski definition) is 4. The summed E-state index contributed by atoms with van der Waals surface area (Å²) in [6.45, 7) is 3.54. The number of aromatic nitrogens is 3. The molecule has 0 unspecified atom stereocenters. The zero-order chi connectivity index (χ0) is 13.9. The van der Waals surface area contributed by atoms with Crippen molar-refractivity contribution in [3.8, 4) is 10.7 Å². The number of hydrogen-bond donors (Lipinski definition) is 0. The third-order valence-electron chi connectivity index (χ3n) is 3.85. The highest BCUT2D eigenvalue weighted by Crippen LogP contribution is 2.36. The number of thiophene rings is 1. The van der Waals surface area contributed by atoms with E-state index in [0.29, 0.717) is 6.61 Å². The zero-order valence-electron chi connectivity index (χ0n) is 12.2. The maximum Gasteiger partial charge on any atom is 0.168 e. The van der Waals surface area contributed by atoms with E-state index in [2.05, 4.69) is 17.4 Å². The molecule has 20 heavy (non-hydrogen) atoms. The molecule has 0 atom stereocenters. The molecular weight excluding hydrogens is 270 g/mol. The Hall–Kier alpha value is -1.20. The van der Waals surface area contributed by atoms with E-state index in [0.717, 1.165) is 24.6 Å². The standard InChI is InChI=1S/C15H21N3OS/c1-3-13-16-15(18(17-13)8-9-19-2)14-12-7-5-4-6-11(12)10-20-14/h10H,3-9H2,1-2H3. The molecular formula is C15H21N3OS. The van der Waals surface area contributed by atoms with E-state index in [1.165, 1.54) is 41.7 Å². The first-order valence-corrected chi connectivity index (χ1v) is 8.23. The fraction of sp³-hybridized carbons (Fsp3) is 0.600. The van der Waals surface area contributed by atoms with Crippen molar-refractivity contribution in [3.63, 3.8) is 0 Å². The van der Waals surface area contributed by atoms with Crippen LogP contribution in [0.15, 0.2) is 5.38 Å². The first-order chi connectivity index (χ1) is 9.83. The van der Waals surface area contributed by atoms with Crippen molar-refractivity contribution in [2.75, 3.05) is 13.7 Å². The second-order valence-electron chi connectivity index (χ2n) is 5.20. The molecule has 0 aromatic carbocycles. The van der Waals surface area contributed by atoms with Gasteiger partial charge in [0, 0.05) is 13.5 Å². The summed E-state index contributed by atoms with van der Waals surface area (Å²) >= 11 is 1.83. The number of methoxy groups -OCH3 is 1. The summed E-state index contributed by atoms with van der Waals surface area (Å²) in [5.41, 5.74) is 3.03. The highest BCUT2D eigenvalue weighted by molar-refractivity contribution is 7.13. The van der Waals surface area contributed by atoms with Gasteiger partial charge in [0.05, 0.1) is 18.0 Å². The largest absolute Gasteiger partial charge is 0.383 e. The van der Waals surface area contributed by atoms with Gasteiger partial charge in [0.1, 0.15) is 0 Å². The SMILES string of the molecule is CCc1nc(-c2scc3c2CCCC3)n(CCOC)n1.